The Kier molecular flexibility index (Phi) is 6.82. The Morgan fingerprint density at radius 1 is 1.24 bits per heavy atom. The van der Waals surface area contributed by atoms with Crippen LogP contribution in [0.1, 0.15) is 24.1 Å². The minimum absolute atomic E-state index is 0.0812. The van der Waals surface area contributed by atoms with Crippen LogP contribution in [0, 0.1) is 10.1 Å². The molecular weight excluding hydrogens is 396 g/mol. The summed E-state index contributed by atoms with van der Waals surface area (Å²) in [5.41, 5.74) is 1.61. The molecule has 1 unspecified atom stereocenters. The lowest BCUT2D eigenvalue weighted by atomic mass is 10.1. The molecule has 1 heterocycles. The number of rotatable bonds is 8. The van der Waals surface area contributed by atoms with Gasteiger partial charge in [0.25, 0.3) is 0 Å². The second-order valence-corrected chi connectivity index (χ2v) is 7.43. The van der Waals surface area contributed by atoms with Crippen molar-refractivity contribution in [1.82, 2.24) is 5.32 Å². The first kappa shape index (κ1) is 20.8. The fourth-order valence-corrected chi connectivity index (χ4v) is 3.71. The number of methoxy groups -OCH3 is 1. The maximum Gasteiger partial charge on any atom is 0.311 e. The van der Waals surface area contributed by atoms with Gasteiger partial charge in [-0.25, -0.2) is 0 Å². The number of carbonyl (C=O) groups is 1. The summed E-state index contributed by atoms with van der Waals surface area (Å²) in [6, 6.07) is 10.2. The highest BCUT2D eigenvalue weighted by atomic mass is 32.2. The van der Waals surface area contributed by atoms with E-state index in [0.717, 1.165) is 11.1 Å². The molecule has 0 bridgehead atoms. The van der Waals surface area contributed by atoms with Crippen molar-refractivity contribution >= 4 is 23.4 Å². The van der Waals surface area contributed by atoms with Gasteiger partial charge >= 0.3 is 5.69 Å². The van der Waals surface area contributed by atoms with Crippen LogP contribution < -0.4 is 19.5 Å². The number of carbonyl (C=O) groups excluding carboxylic acids is 1. The molecule has 0 radical (unpaired) electrons. The van der Waals surface area contributed by atoms with Crippen LogP contribution in [0.25, 0.3) is 0 Å². The van der Waals surface area contributed by atoms with Crippen LogP contribution in [0.5, 0.6) is 17.2 Å². The Bertz CT molecular complexity index is 905. The van der Waals surface area contributed by atoms with Gasteiger partial charge in [0, 0.05) is 11.8 Å². The Labute approximate surface area is 172 Å². The minimum atomic E-state index is -0.477. The first-order valence-electron chi connectivity index (χ1n) is 9.06. The van der Waals surface area contributed by atoms with Crippen molar-refractivity contribution in [2.45, 2.75) is 18.7 Å². The van der Waals surface area contributed by atoms with Gasteiger partial charge in [-0.2, -0.15) is 0 Å². The van der Waals surface area contributed by atoms with E-state index < -0.39 is 4.92 Å². The van der Waals surface area contributed by atoms with Crippen molar-refractivity contribution in [3.05, 3.63) is 57.6 Å². The molecule has 3 rings (SSSR count). The second kappa shape index (κ2) is 9.51. The minimum Gasteiger partial charge on any atom is -0.490 e. The van der Waals surface area contributed by atoms with Crippen LogP contribution in [0.2, 0.25) is 0 Å². The van der Waals surface area contributed by atoms with Crippen molar-refractivity contribution in [2.24, 2.45) is 0 Å². The molecule has 8 nitrogen and oxygen atoms in total. The van der Waals surface area contributed by atoms with Crippen LogP contribution in [0.15, 0.2) is 36.4 Å². The lowest BCUT2D eigenvalue weighted by Crippen LogP contribution is -2.28. The summed E-state index contributed by atoms with van der Waals surface area (Å²) < 4.78 is 16.1. The molecule has 1 amide bonds. The number of benzene rings is 2. The molecule has 0 fully saturated rings. The van der Waals surface area contributed by atoms with E-state index in [2.05, 4.69) is 5.32 Å². The van der Waals surface area contributed by atoms with E-state index in [1.165, 1.54) is 24.9 Å². The fourth-order valence-electron chi connectivity index (χ4n) is 2.93. The van der Waals surface area contributed by atoms with Crippen molar-refractivity contribution < 1.29 is 23.9 Å². The zero-order valence-electron chi connectivity index (χ0n) is 16.2. The molecule has 0 saturated heterocycles. The number of fused-ring (bicyclic) bond motifs is 1. The highest BCUT2D eigenvalue weighted by Crippen LogP contribution is 2.32. The molecule has 29 heavy (non-hydrogen) atoms. The van der Waals surface area contributed by atoms with Gasteiger partial charge < -0.3 is 19.5 Å². The standard InChI is InChI=1S/C20H22N2O6S/c1-13(15-4-6-18-19(10-15)28-8-7-27-18)21-20(23)12-29-11-14-3-5-17(26-2)16(9-14)22(24)25/h3-6,9-10,13H,7-8,11-12H2,1-2H3,(H,21,23). The van der Waals surface area contributed by atoms with Gasteiger partial charge in [0.2, 0.25) is 5.91 Å². The zero-order valence-corrected chi connectivity index (χ0v) is 17.0. The predicted octanol–water partition coefficient (Wildman–Crippen LogP) is 3.49. The number of nitrogens with one attached hydrogen (secondary N) is 1. The number of amides is 1. The van der Waals surface area contributed by atoms with Gasteiger partial charge in [-0.1, -0.05) is 12.1 Å². The van der Waals surface area contributed by atoms with Crippen LogP contribution in [0.3, 0.4) is 0 Å². The molecule has 0 aromatic heterocycles. The Balaban J connectivity index is 1.51. The van der Waals surface area contributed by atoms with Gasteiger partial charge in [0.15, 0.2) is 17.2 Å². The monoisotopic (exact) mass is 418 g/mol. The first-order chi connectivity index (χ1) is 14.0. The normalized spacial score (nSPS) is 13.4. The molecule has 1 aliphatic rings. The third-order valence-electron chi connectivity index (χ3n) is 4.39. The van der Waals surface area contributed by atoms with Gasteiger partial charge in [-0.3, -0.25) is 14.9 Å². The summed E-state index contributed by atoms with van der Waals surface area (Å²) in [5.74, 6) is 2.23. The molecule has 2 aromatic carbocycles. The quantitative estimate of drug-likeness (QED) is 0.517. The van der Waals surface area contributed by atoms with E-state index in [1.807, 2.05) is 25.1 Å². The molecule has 2 aromatic rings. The average Bonchev–Trinajstić information content (AvgIpc) is 2.73. The van der Waals surface area contributed by atoms with Crippen LogP contribution in [-0.2, 0) is 10.5 Å². The van der Waals surface area contributed by atoms with Crippen molar-refractivity contribution in [3.8, 4) is 17.2 Å². The summed E-state index contributed by atoms with van der Waals surface area (Å²) in [7, 11) is 1.39. The first-order valence-corrected chi connectivity index (χ1v) is 10.2. The molecule has 1 aliphatic heterocycles. The number of hydrogen-bond acceptors (Lipinski definition) is 7. The molecule has 0 spiro atoms. The lowest BCUT2D eigenvalue weighted by Gasteiger charge is -2.21. The van der Waals surface area contributed by atoms with Crippen LogP contribution in [-0.4, -0.2) is 36.9 Å². The van der Waals surface area contributed by atoms with Crippen molar-refractivity contribution in [3.63, 3.8) is 0 Å². The summed E-state index contributed by atoms with van der Waals surface area (Å²) in [6.45, 7) is 2.95. The molecule has 1 N–H and O–H groups in total. The van der Waals surface area contributed by atoms with Gasteiger partial charge in [0.1, 0.15) is 13.2 Å². The Morgan fingerprint density at radius 2 is 2.00 bits per heavy atom. The molecule has 0 aliphatic carbocycles. The number of nitro groups is 1. The molecular formula is C20H22N2O6S. The van der Waals surface area contributed by atoms with E-state index >= 15 is 0 Å². The maximum absolute atomic E-state index is 12.3. The number of thioether (sulfide) groups is 1. The highest BCUT2D eigenvalue weighted by molar-refractivity contribution is 7.99. The third kappa shape index (κ3) is 5.32. The van der Waals surface area contributed by atoms with Gasteiger partial charge in [-0.05, 0) is 36.2 Å². The van der Waals surface area contributed by atoms with Gasteiger partial charge in [0.05, 0.1) is 23.8 Å². The number of nitro benzene ring substituents is 1. The fraction of sp³-hybridized carbons (Fsp3) is 0.350. The number of nitrogens with zero attached hydrogens (tertiary/aromatic N) is 1. The summed E-state index contributed by atoms with van der Waals surface area (Å²) >= 11 is 1.39. The molecule has 154 valence electrons. The summed E-state index contributed by atoms with van der Waals surface area (Å²) in [5, 5.41) is 14.1. The van der Waals surface area contributed by atoms with E-state index in [4.69, 9.17) is 14.2 Å². The smallest absolute Gasteiger partial charge is 0.311 e. The predicted molar refractivity (Wildman–Crippen MR) is 110 cm³/mol. The van der Waals surface area contributed by atoms with Gasteiger partial charge in [-0.15, -0.1) is 11.8 Å². The zero-order chi connectivity index (χ0) is 20.8. The Hall–Kier alpha value is -2.94. The van der Waals surface area contributed by atoms with Crippen molar-refractivity contribution in [2.75, 3.05) is 26.1 Å². The van der Waals surface area contributed by atoms with Crippen LogP contribution in [0.4, 0.5) is 5.69 Å². The third-order valence-corrected chi connectivity index (χ3v) is 5.39. The maximum atomic E-state index is 12.3. The van der Waals surface area contributed by atoms with Crippen molar-refractivity contribution in [1.29, 1.82) is 0 Å². The molecule has 1 atom stereocenters. The average molecular weight is 418 g/mol. The largest absolute Gasteiger partial charge is 0.490 e. The number of ether oxygens (including phenoxy) is 3. The number of hydrogen-bond donors (Lipinski definition) is 1. The van der Waals surface area contributed by atoms with E-state index in [0.29, 0.717) is 30.5 Å². The van der Waals surface area contributed by atoms with Crippen LogP contribution >= 0.6 is 11.8 Å². The topological polar surface area (TPSA) is 99.9 Å². The summed E-state index contributed by atoms with van der Waals surface area (Å²) in [6.07, 6.45) is 0. The van der Waals surface area contributed by atoms with E-state index in [-0.39, 0.29) is 29.1 Å². The highest BCUT2D eigenvalue weighted by Gasteiger charge is 2.17. The summed E-state index contributed by atoms with van der Waals surface area (Å²) in [4.78, 5) is 22.9. The molecule has 9 heteroatoms. The van der Waals surface area contributed by atoms with E-state index in [1.54, 1.807) is 12.1 Å². The lowest BCUT2D eigenvalue weighted by molar-refractivity contribution is -0.385. The molecule has 0 saturated carbocycles. The Morgan fingerprint density at radius 3 is 2.72 bits per heavy atom. The SMILES string of the molecule is COc1ccc(CSCC(=O)NC(C)c2ccc3c(c2)OCCO3)cc1[N+](=O)[O-]. The second-order valence-electron chi connectivity index (χ2n) is 6.45. The van der Waals surface area contributed by atoms with E-state index in [9.17, 15) is 14.9 Å².